The van der Waals surface area contributed by atoms with Gasteiger partial charge in [-0.05, 0) is 48.6 Å². The highest BCUT2D eigenvalue weighted by Gasteiger charge is 2.30. The molecule has 0 amide bonds. The van der Waals surface area contributed by atoms with Gasteiger partial charge in [0.25, 0.3) is 0 Å². The van der Waals surface area contributed by atoms with Crippen LogP contribution in [0.3, 0.4) is 0 Å². The largest absolute Gasteiger partial charge is 0.416 e. The lowest BCUT2D eigenvalue weighted by atomic mass is 10.2. The number of thiocarbonyl (C=S) groups is 1. The molecule has 0 bridgehead atoms. The Morgan fingerprint density at radius 1 is 1.04 bits per heavy atom. The molecule has 0 aromatic heterocycles. The standard InChI is InChI=1S/C14H10ClF4N3S/c15-11-7-9(4-5-12(11)16)20-13(23)22-21-10-3-1-2-8(6-10)14(17,18)19/h1-7,21H,(H2,20,22,23). The minimum Gasteiger partial charge on any atom is -0.331 e. The summed E-state index contributed by atoms with van der Waals surface area (Å²) in [5.41, 5.74) is 4.90. The number of nitrogens with one attached hydrogen (secondary N) is 3. The first-order valence-corrected chi connectivity index (χ1v) is 6.99. The number of rotatable bonds is 3. The molecule has 122 valence electrons. The summed E-state index contributed by atoms with van der Waals surface area (Å²) in [6.07, 6.45) is -4.43. The van der Waals surface area contributed by atoms with E-state index in [9.17, 15) is 17.6 Å². The van der Waals surface area contributed by atoms with Crippen molar-refractivity contribution < 1.29 is 17.6 Å². The zero-order chi connectivity index (χ0) is 17.0. The van der Waals surface area contributed by atoms with E-state index in [0.29, 0.717) is 5.69 Å². The number of halogens is 5. The van der Waals surface area contributed by atoms with E-state index in [1.165, 1.54) is 24.3 Å². The quantitative estimate of drug-likeness (QED) is 0.415. The molecule has 23 heavy (non-hydrogen) atoms. The van der Waals surface area contributed by atoms with E-state index in [0.717, 1.165) is 18.2 Å². The molecule has 0 spiro atoms. The average Bonchev–Trinajstić information content (AvgIpc) is 2.48. The summed E-state index contributed by atoms with van der Waals surface area (Å²) in [5, 5.41) is 2.70. The number of hydrogen-bond acceptors (Lipinski definition) is 2. The summed E-state index contributed by atoms with van der Waals surface area (Å²) in [5.74, 6) is -0.571. The van der Waals surface area contributed by atoms with Crippen molar-refractivity contribution in [1.29, 1.82) is 0 Å². The lowest BCUT2D eigenvalue weighted by Crippen LogP contribution is -2.33. The van der Waals surface area contributed by atoms with Gasteiger partial charge in [0, 0.05) is 5.69 Å². The van der Waals surface area contributed by atoms with E-state index in [-0.39, 0.29) is 15.8 Å². The summed E-state index contributed by atoms with van der Waals surface area (Å²) >= 11 is 10.6. The normalized spacial score (nSPS) is 11.0. The Morgan fingerprint density at radius 3 is 2.43 bits per heavy atom. The second kappa shape index (κ2) is 7.01. The van der Waals surface area contributed by atoms with E-state index < -0.39 is 17.6 Å². The fourth-order valence-corrected chi connectivity index (χ4v) is 1.99. The molecule has 3 nitrogen and oxygen atoms in total. The fraction of sp³-hybridized carbons (Fsp3) is 0.0714. The highest BCUT2D eigenvalue weighted by molar-refractivity contribution is 7.80. The van der Waals surface area contributed by atoms with Gasteiger partial charge in [-0.1, -0.05) is 17.7 Å². The van der Waals surface area contributed by atoms with Crippen molar-refractivity contribution in [2.45, 2.75) is 6.18 Å². The maximum absolute atomic E-state index is 13.0. The molecule has 0 radical (unpaired) electrons. The van der Waals surface area contributed by atoms with Crippen molar-refractivity contribution >= 4 is 40.3 Å². The molecule has 0 heterocycles. The molecule has 0 saturated carbocycles. The van der Waals surface area contributed by atoms with E-state index in [2.05, 4.69) is 16.2 Å². The zero-order valence-corrected chi connectivity index (χ0v) is 12.9. The van der Waals surface area contributed by atoms with Crippen LogP contribution in [0.4, 0.5) is 28.9 Å². The van der Waals surface area contributed by atoms with Gasteiger partial charge in [0.05, 0.1) is 16.3 Å². The minimum atomic E-state index is -4.43. The molecule has 3 N–H and O–H groups in total. The first-order valence-electron chi connectivity index (χ1n) is 6.21. The predicted molar refractivity (Wildman–Crippen MR) is 85.8 cm³/mol. The number of alkyl halides is 3. The summed E-state index contributed by atoms with van der Waals surface area (Å²) in [7, 11) is 0. The lowest BCUT2D eigenvalue weighted by molar-refractivity contribution is -0.137. The Bertz CT molecular complexity index is 721. The van der Waals surface area contributed by atoms with Crippen LogP contribution in [0, 0.1) is 5.82 Å². The molecule has 2 aromatic rings. The Hall–Kier alpha value is -2.06. The van der Waals surface area contributed by atoms with Crippen molar-refractivity contribution in [3.05, 3.63) is 58.9 Å². The van der Waals surface area contributed by atoms with Gasteiger partial charge in [-0.3, -0.25) is 10.9 Å². The summed E-state index contributed by atoms with van der Waals surface area (Å²) in [4.78, 5) is 0. The van der Waals surface area contributed by atoms with E-state index in [4.69, 9.17) is 23.8 Å². The third-order valence-electron chi connectivity index (χ3n) is 2.69. The second-order valence-electron chi connectivity index (χ2n) is 4.41. The zero-order valence-electron chi connectivity index (χ0n) is 11.3. The molecule has 0 aliphatic rings. The van der Waals surface area contributed by atoms with Crippen molar-refractivity contribution in [2.24, 2.45) is 0 Å². The van der Waals surface area contributed by atoms with Gasteiger partial charge >= 0.3 is 6.18 Å². The van der Waals surface area contributed by atoms with Crippen molar-refractivity contribution in [2.75, 3.05) is 10.7 Å². The molecule has 0 saturated heterocycles. The number of anilines is 2. The van der Waals surface area contributed by atoms with Crippen molar-refractivity contribution in [3.8, 4) is 0 Å². The topological polar surface area (TPSA) is 36.1 Å². The van der Waals surface area contributed by atoms with E-state index >= 15 is 0 Å². The maximum Gasteiger partial charge on any atom is 0.416 e. The SMILES string of the molecule is Fc1ccc(NC(=S)NNc2cccc(C(F)(F)F)c2)cc1Cl. The molecule has 0 fully saturated rings. The van der Waals surface area contributed by atoms with Crippen LogP contribution in [0.15, 0.2) is 42.5 Å². The second-order valence-corrected chi connectivity index (χ2v) is 5.23. The Balaban J connectivity index is 1.95. The first-order chi connectivity index (χ1) is 10.8. The van der Waals surface area contributed by atoms with Gasteiger partial charge in [0.2, 0.25) is 0 Å². The smallest absolute Gasteiger partial charge is 0.331 e. The molecule has 0 unspecified atom stereocenters. The summed E-state index contributed by atoms with van der Waals surface area (Å²) in [6.45, 7) is 0. The molecule has 0 atom stereocenters. The van der Waals surface area contributed by atoms with Crippen LogP contribution >= 0.6 is 23.8 Å². The van der Waals surface area contributed by atoms with Crippen LogP contribution < -0.4 is 16.2 Å². The highest BCUT2D eigenvalue weighted by Crippen LogP contribution is 2.30. The molecular weight excluding hydrogens is 354 g/mol. The van der Waals surface area contributed by atoms with E-state index in [1.54, 1.807) is 0 Å². The molecule has 0 aliphatic carbocycles. The first kappa shape index (κ1) is 17.3. The van der Waals surface area contributed by atoms with Gasteiger partial charge in [0.1, 0.15) is 5.82 Å². The third kappa shape index (κ3) is 4.97. The highest BCUT2D eigenvalue weighted by atomic mass is 35.5. The monoisotopic (exact) mass is 363 g/mol. The molecular formula is C14H10ClF4N3S. The van der Waals surface area contributed by atoms with Gasteiger partial charge in [-0.2, -0.15) is 13.2 Å². The van der Waals surface area contributed by atoms with Crippen LogP contribution in [-0.4, -0.2) is 5.11 Å². The van der Waals surface area contributed by atoms with Crippen LogP contribution in [0.2, 0.25) is 5.02 Å². The predicted octanol–water partition coefficient (Wildman–Crippen LogP) is 4.81. The van der Waals surface area contributed by atoms with Crippen molar-refractivity contribution in [3.63, 3.8) is 0 Å². The minimum absolute atomic E-state index is 0.0742. The Morgan fingerprint density at radius 2 is 1.78 bits per heavy atom. The third-order valence-corrected chi connectivity index (χ3v) is 3.18. The van der Waals surface area contributed by atoms with Gasteiger partial charge < -0.3 is 5.32 Å². The van der Waals surface area contributed by atoms with E-state index in [1.807, 2.05) is 0 Å². The molecule has 2 rings (SSSR count). The number of hydrogen-bond donors (Lipinski definition) is 3. The van der Waals surface area contributed by atoms with Gasteiger partial charge in [-0.15, -0.1) is 0 Å². The Kier molecular flexibility index (Phi) is 5.27. The fourth-order valence-electron chi connectivity index (χ4n) is 1.64. The molecule has 9 heteroatoms. The van der Waals surface area contributed by atoms with Gasteiger partial charge in [-0.25, -0.2) is 4.39 Å². The number of benzene rings is 2. The van der Waals surface area contributed by atoms with Gasteiger partial charge in [0.15, 0.2) is 5.11 Å². The van der Waals surface area contributed by atoms with Crippen LogP contribution in [0.1, 0.15) is 5.56 Å². The number of hydrazine groups is 1. The van der Waals surface area contributed by atoms with Crippen LogP contribution in [-0.2, 0) is 6.18 Å². The van der Waals surface area contributed by atoms with Crippen molar-refractivity contribution in [1.82, 2.24) is 5.43 Å². The maximum atomic E-state index is 13.0. The average molecular weight is 364 g/mol. The lowest BCUT2D eigenvalue weighted by Gasteiger charge is -2.14. The van der Waals surface area contributed by atoms with Crippen LogP contribution in [0.5, 0.6) is 0 Å². The summed E-state index contributed by atoms with van der Waals surface area (Å²) < 4.78 is 50.8. The molecule has 2 aromatic carbocycles. The molecule has 0 aliphatic heterocycles. The summed E-state index contributed by atoms with van der Waals surface area (Å²) in [6, 6.07) is 8.51. The Labute approximate surface area is 139 Å². The van der Waals surface area contributed by atoms with Crippen LogP contribution in [0.25, 0.3) is 0 Å².